The van der Waals surface area contributed by atoms with Gasteiger partial charge in [0.2, 0.25) is 0 Å². The Hall–Kier alpha value is -0.0400. The summed E-state index contributed by atoms with van der Waals surface area (Å²) >= 11 is 0. The highest BCUT2D eigenvalue weighted by Crippen LogP contribution is 2.35. The van der Waals surface area contributed by atoms with Crippen molar-refractivity contribution in [2.75, 3.05) is 26.2 Å². The second kappa shape index (κ2) is 9.07. The number of hydrogen-bond donors (Lipinski definition) is 2. The third-order valence-corrected chi connectivity index (χ3v) is 4.71. The lowest BCUT2D eigenvalue weighted by Crippen LogP contribution is -2.54. The van der Waals surface area contributed by atoms with Gasteiger partial charge in [-0.15, -0.1) is 24.0 Å². The summed E-state index contributed by atoms with van der Waals surface area (Å²) in [5.41, 5.74) is 6.21. The van der Waals surface area contributed by atoms with Gasteiger partial charge in [-0.2, -0.15) is 0 Å². The first-order chi connectivity index (χ1) is 9.27. The molecular formula is C15H31IN4. The molecule has 1 saturated carbocycles. The van der Waals surface area contributed by atoms with Crippen LogP contribution in [0.3, 0.4) is 0 Å². The molecular weight excluding hydrogens is 363 g/mol. The monoisotopic (exact) mass is 394 g/mol. The molecule has 1 aliphatic carbocycles. The van der Waals surface area contributed by atoms with Crippen molar-refractivity contribution < 1.29 is 0 Å². The fourth-order valence-electron chi connectivity index (χ4n) is 3.62. The standard InChI is InChI=1S/C15H30N4.HI/c1-2-17-14(16)18-13-15(9-5-3-6-10-15)19-11-7-4-8-12-19;/h2-13H2,1H3,(H3,16,17,18);1H. The van der Waals surface area contributed by atoms with Gasteiger partial charge in [-0.3, -0.25) is 9.89 Å². The minimum atomic E-state index is 0. The van der Waals surface area contributed by atoms with E-state index in [1.54, 1.807) is 0 Å². The Bertz CT molecular complexity index is 294. The summed E-state index contributed by atoms with van der Waals surface area (Å²) in [6, 6.07) is 0. The molecule has 1 heterocycles. The lowest BCUT2D eigenvalue weighted by atomic mass is 9.79. The van der Waals surface area contributed by atoms with Crippen molar-refractivity contribution in [2.45, 2.75) is 63.8 Å². The van der Waals surface area contributed by atoms with Crippen LogP contribution in [0.4, 0.5) is 0 Å². The molecule has 0 aromatic heterocycles. The van der Waals surface area contributed by atoms with Crippen molar-refractivity contribution in [1.82, 2.24) is 10.2 Å². The number of piperidine rings is 1. The van der Waals surface area contributed by atoms with E-state index in [4.69, 9.17) is 5.73 Å². The molecule has 0 bridgehead atoms. The predicted molar refractivity (Wildman–Crippen MR) is 96.8 cm³/mol. The molecule has 0 unspecified atom stereocenters. The van der Waals surface area contributed by atoms with Gasteiger partial charge >= 0.3 is 0 Å². The van der Waals surface area contributed by atoms with Crippen molar-refractivity contribution in [2.24, 2.45) is 10.7 Å². The summed E-state index contributed by atoms with van der Waals surface area (Å²) in [6.07, 6.45) is 10.8. The van der Waals surface area contributed by atoms with Crippen LogP contribution in [-0.4, -0.2) is 42.6 Å². The number of nitrogens with zero attached hydrogens (tertiary/aromatic N) is 2. The third-order valence-electron chi connectivity index (χ3n) is 4.71. The van der Waals surface area contributed by atoms with Crippen LogP contribution >= 0.6 is 24.0 Å². The van der Waals surface area contributed by atoms with Crippen LogP contribution in [0.5, 0.6) is 0 Å². The zero-order valence-corrected chi connectivity index (χ0v) is 15.2. The Morgan fingerprint density at radius 3 is 2.30 bits per heavy atom. The minimum absolute atomic E-state index is 0. The summed E-state index contributed by atoms with van der Waals surface area (Å²) in [6.45, 7) is 6.31. The molecule has 20 heavy (non-hydrogen) atoms. The van der Waals surface area contributed by atoms with Gasteiger partial charge in [0.1, 0.15) is 0 Å². The summed E-state index contributed by atoms with van der Waals surface area (Å²) in [5.74, 6) is 0.615. The van der Waals surface area contributed by atoms with E-state index in [1.165, 1.54) is 64.5 Å². The molecule has 0 aromatic rings. The number of guanidine groups is 1. The van der Waals surface area contributed by atoms with Crippen molar-refractivity contribution in [1.29, 1.82) is 0 Å². The molecule has 118 valence electrons. The van der Waals surface area contributed by atoms with E-state index in [9.17, 15) is 0 Å². The molecule has 0 aromatic carbocycles. The third kappa shape index (κ3) is 4.76. The summed E-state index contributed by atoms with van der Waals surface area (Å²) in [4.78, 5) is 7.35. The van der Waals surface area contributed by atoms with Crippen LogP contribution in [-0.2, 0) is 0 Å². The first-order valence-corrected chi connectivity index (χ1v) is 8.06. The van der Waals surface area contributed by atoms with E-state index in [0.29, 0.717) is 11.5 Å². The number of aliphatic imine (C=N–C) groups is 1. The van der Waals surface area contributed by atoms with Crippen LogP contribution in [0.1, 0.15) is 58.3 Å². The maximum atomic E-state index is 5.91. The fourth-order valence-corrected chi connectivity index (χ4v) is 3.62. The number of rotatable bonds is 4. The van der Waals surface area contributed by atoms with Gasteiger partial charge in [-0.25, -0.2) is 0 Å². The average molecular weight is 394 g/mol. The normalized spacial score (nSPS) is 23.9. The highest BCUT2D eigenvalue weighted by Gasteiger charge is 2.38. The number of nitrogens with two attached hydrogens (primary N) is 1. The van der Waals surface area contributed by atoms with Crippen LogP contribution < -0.4 is 11.1 Å². The largest absolute Gasteiger partial charge is 0.370 e. The lowest BCUT2D eigenvalue weighted by Gasteiger charge is -2.47. The van der Waals surface area contributed by atoms with E-state index in [0.717, 1.165) is 13.1 Å². The first kappa shape index (κ1) is 18.0. The second-order valence-corrected chi connectivity index (χ2v) is 6.06. The smallest absolute Gasteiger partial charge is 0.188 e. The quantitative estimate of drug-likeness (QED) is 0.438. The summed E-state index contributed by atoms with van der Waals surface area (Å²) in [5, 5.41) is 3.11. The van der Waals surface area contributed by atoms with Crippen LogP contribution in [0, 0.1) is 0 Å². The zero-order valence-electron chi connectivity index (χ0n) is 12.9. The Kier molecular flexibility index (Phi) is 8.17. The highest BCUT2D eigenvalue weighted by atomic mass is 127. The van der Waals surface area contributed by atoms with Gasteiger partial charge in [0.15, 0.2) is 5.96 Å². The number of nitrogens with one attached hydrogen (secondary N) is 1. The van der Waals surface area contributed by atoms with E-state index in [1.807, 2.05) is 0 Å². The van der Waals surface area contributed by atoms with Gasteiger partial charge in [-0.05, 0) is 45.7 Å². The highest BCUT2D eigenvalue weighted by molar-refractivity contribution is 14.0. The van der Waals surface area contributed by atoms with Crippen molar-refractivity contribution in [3.63, 3.8) is 0 Å². The first-order valence-electron chi connectivity index (χ1n) is 8.06. The predicted octanol–water partition coefficient (Wildman–Crippen LogP) is 2.72. The molecule has 0 atom stereocenters. The Labute approximate surface area is 141 Å². The average Bonchev–Trinajstić information content (AvgIpc) is 2.47. The molecule has 3 N–H and O–H groups in total. The molecule has 1 aliphatic heterocycles. The van der Waals surface area contributed by atoms with E-state index in [-0.39, 0.29) is 24.0 Å². The van der Waals surface area contributed by atoms with Gasteiger partial charge in [0, 0.05) is 12.1 Å². The maximum absolute atomic E-state index is 5.91. The minimum Gasteiger partial charge on any atom is -0.370 e. The SMILES string of the molecule is CCNC(N)=NCC1(N2CCCCC2)CCCCC1.I. The van der Waals surface area contributed by atoms with Crippen molar-refractivity contribution >= 4 is 29.9 Å². The van der Waals surface area contributed by atoms with Gasteiger partial charge in [0.05, 0.1) is 6.54 Å². The molecule has 2 fully saturated rings. The zero-order chi connectivity index (χ0) is 13.6. The Morgan fingerprint density at radius 1 is 1.10 bits per heavy atom. The number of hydrogen-bond acceptors (Lipinski definition) is 2. The van der Waals surface area contributed by atoms with Gasteiger partial charge < -0.3 is 11.1 Å². The lowest BCUT2D eigenvalue weighted by molar-refractivity contribution is 0.0408. The van der Waals surface area contributed by atoms with Crippen LogP contribution in [0.15, 0.2) is 4.99 Å². The molecule has 4 nitrogen and oxygen atoms in total. The molecule has 2 aliphatic rings. The molecule has 0 radical (unpaired) electrons. The van der Waals surface area contributed by atoms with Crippen LogP contribution in [0.2, 0.25) is 0 Å². The van der Waals surface area contributed by atoms with E-state index in [2.05, 4.69) is 22.1 Å². The molecule has 1 saturated heterocycles. The summed E-state index contributed by atoms with van der Waals surface area (Å²) in [7, 11) is 0. The van der Waals surface area contributed by atoms with Crippen LogP contribution in [0.25, 0.3) is 0 Å². The maximum Gasteiger partial charge on any atom is 0.188 e. The Morgan fingerprint density at radius 2 is 1.70 bits per heavy atom. The van der Waals surface area contributed by atoms with Crippen molar-refractivity contribution in [3.05, 3.63) is 0 Å². The second-order valence-electron chi connectivity index (χ2n) is 6.06. The van der Waals surface area contributed by atoms with Gasteiger partial charge in [0.25, 0.3) is 0 Å². The fraction of sp³-hybridized carbons (Fsp3) is 0.933. The van der Waals surface area contributed by atoms with E-state index < -0.39 is 0 Å². The van der Waals surface area contributed by atoms with Crippen molar-refractivity contribution in [3.8, 4) is 0 Å². The number of halogens is 1. The molecule has 0 amide bonds. The molecule has 2 rings (SSSR count). The molecule has 0 spiro atoms. The summed E-state index contributed by atoms with van der Waals surface area (Å²) < 4.78 is 0. The molecule has 5 heteroatoms. The topological polar surface area (TPSA) is 53.6 Å². The Balaban J connectivity index is 0.00000200. The van der Waals surface area contributed by atoms with E-state index >= 15 is 0 Å². The van der Waals surface area contributed by atoms with Gasteiger partial charge in [-0.1, -0.05) is 25.7 Å². The number of likely N-dealkylation sites (tertiary alicyclic amines) is 1.